The molecule has 31 heavy (non-hydrogen) atoms. The van der Waals surface area contributed by atoms with Gasteiger partial charge in [0.15, 0.2) is 0 Å². The lowest BCUT2D eigenvalue weighted by Crippen LogP contribution is -3.00. The number of hydrogen-bond donors (Lipinski definition) is 0. The van der Waals surface area contributed by atoms with Gasteiger partial charge in [0.25, 0.3) is 0 Å². The molecule has 0 spiro atoms. The van der Waals surface area contributed by atoms with E-state index >= 15 is 0 Å². The second-order valence-corrected chi connectivity index (χ2v) is 11.1. The average Bonchev–Trinajstić information content (AvgIpc) is 3.07. The lowest BCUT2D eigenvalue weighted by atomic mass is 10.2. The lowest BCUT2D eigenvalue weighted by Gasteiger charge is -2.27. The Bertz CT molecular complexity index is 1080. The Hall–Kier alpha value is -2.73. The Morgan fingerprint density at radius 1 is 0.419 bits per heavy atom. The molecule has 0 saturated heterocycles. The van der Waals surface area contributed by atoms with E-state index in [1.54, 1.807) is 0 Å². The monoisotopic (exact) mass is 482 g/mol. The summed E-state index contributed by atoms with van der Waals surface area (Å²) in [4.78, 5) is 0. The van der Waals surface area contributed by atoms with E-state index in [4.69, 9.17) is 0 Å². The van der Waals surface area contributed by atoms with Crippen molar-refractivity contribution in [2.45, 2.75) is 6.16 Å². The van der Waals surface area contributed by atoms with Gasteiger partial charge in [0, 0.05) is 0 Å². The molecule has 0 bridgehead atoms. The molecular formula is C29H24BrP. The fourth-order valence-electron chi connectivity index (χ4n) is 4.41. The van der Waals surface area contributed by atoms with Crippen molar-refractivity contribution in [2.75, 3.05) is 0 Å². The third-order valence-corrected chi connectivity index (χ3v) is 10.2. The molecule has 0 nitrogen and oxygen atoms in total. The van der Waals surface area contributed by atoms with Crippen molar-refractivity contribution in [1.29, 1.82) is 0 Å². The van der Waals surface area contributed by atoms with Gasteiger partial charge in [-0.1, -0.05) is 84.9 Å². The van der Waals surface area contributed by atoms with Crippen molar-refractivity contribution in [3.63, 3.8) is 0 Å². The highest BCUT2D eigenvalue weighted by molar-refractivity contribution is 7.95. The van der Waals surface area contributed by atoms with Gasteiger partial charge in [0.05, 0.1) is 6.16 Å². The molecule has 152 valence electrons. The largest absolute Gasteiger partial charge is 1.00 e. The summed E-state index contributed by atoms with van der Waals surface area (Å²) in [7, 11) is -1.85. The average molecular weight is 483 g/mol. The summed E-state index contributed by atoms with van der Waals surface area (Å²) in [6.07, 6.45) is 1.02. The highest BCUT2D eigenvalue weighted by Crippen LogP contribution is 2.58. The molecule has 0 radical (unpaired) electrons. The van der Waals surface area contributed by atoms with Crippen LogP contribution in [0.25, 0.3) is 11.1 Å². The van der Waals surface area contributed by atoms with Crippen LogP contribution in [0.15, 0.2) is 133 Å². The van der Waals surface area contributed by atoms with E-state index in [0.717, 1.165) is 6.16 Å². The van der Waals surface area contributed by atoms with E-state index in [1.807, 2.05) is 0 Å². The van der Waals surface area contributed by atoms with Gasteiger partial charge >= 0.3 is 0 Å². The third kappa shape index (κ3) is 4.22. The molecule has 0 amide bonds. The van der Waals surface area contributed by atoms with Crippen LogP contribution >= 0.6 is 7.26 Å². The van der Waals surface area contributed by atoms with Gasteiger partial charge in [-0.15, -0.1) is 0 Å². The maximum Gasteiger partial charge on any atom is 0.116 e. The summed E-state index contributed by atoms with van der Waals surface area (Å²) in [6.45, 7) is 0. The van der Waals surface area contributed by atoms with E-state index in [9.17, 15) is 0 Å². The SMILES string of the molecule is [Br-].c1ccc2cc(C[P+](c3ccccc3)(c3ccccc3)c3ccccc3)cc-2cc1. The zero-order valence-electron chi connectivity index (χ0n) is 17.2. The fourth-order valence-corrected chi connectivity index (χ4v) is 8.63. The molecule has 0 unspecified atom stereocenters. The van der Waals surface area contributed by atoms with E-state index in [1.165, 1.54) is 32.6 Å². The Morgan fingerprint density at radius 3 is 1.10 bits per heavy atom. The van der Waals surface area contributed by atoms with Crippen LogP contribution < -0.4 is 32.9 Å². The molecule has 2 aliphatic carbocycles. The molecule has 0 aromatic heterocycles. The maximum absolute atomic E-state index is 2.37. The topological polar surface area (TPSA) is 0 Å². The Labute approximate surface area is 196 Å². The second-order valence-electron chi connectivity index (χ2n) is 7.66. The molecule has 0 fully saturated rings. The smallest absolute Gasteiger partial charge is 0.116 e. The first kappa shape index (κ1) is 21.5. The molecule has 5 rings (SSSR count). The Morgan fingerprint density at radius 2 is 0.742 bits per heavy atom. The minimum Gasteiger partial charge on any atom is -1.00 e. The van der Waals surface area contributed by atoms with Crippen LogP contribution in [-0.4, -0.2) is 0 Å². The predicted octanol–water partition coefficient (Wildman–Crippen LogP) is 3.29. The third-order valence-electron chi connectivity index (χ3n) is 5.80. The Kier molecular flexibility index (Phi) is 6.66. The van der Waals surface area contributed by atoms with Gasteiger partial charge in [-0.3, -0.25) is 0 Å². The van der Waals surface area contributed by atoms with E-state index < -0.39 is 7.26 Å². The summed E-state index contributed by atoms with van der Waals surface area (Å²) >= 11 is 0. The minimum absolute atomic E-state index is 0. The van der Waals surface area contributed by atoms with Crippen LogP contribution in [0.3, 0.4) is 0 Å². The van der Waals surface area contributed by atoms with Gasteiger partial charge in [0.1, 0.15) is 23.2 Å². The predicted molar refractivity (Wildman–Crippen MR) is 132 cm³/mol. The summed E-state index contributed by atoms with van der Waals surface area (Å²) in [5.41, 5.74) is 4.02. The first-order chi connectivity index (χ1) is 14.9. The van der Waals surface area contributed by atoms with Crippen molar-refractivity contribution in [3.05, 3.63) is 139 Å². The van der Waals surface area contributed by atoms with Gasteiger partial charge in [0.2, 0.25) is 0 Å². The van der Waals surface area contributed by atoms with E-state index in [0.29, 0.717) is 0 Å². The molecule has 0 saturated carbocycles. The number of hydrogen-bond acceptors (Lipinski definition) is 0. The molecule has 0 atom stereocenters. The molecular weight excluding hydrogens is 459 g/mol. The molecule has 0 heterocycles. The van der Waals surface area contributed by atoms with E-state index in [-0.39, 0.29) is 17.0 Å². The maximum atomic E-state index is 2.37. The van der Waals surface area contributed by atoms with Crippen LogP contribution in [-0.2, 0) is 6.16 Å². The highest BCUT2D eigenvalue weighted by atomic mass is 79.9. The zero-order chi connectivity index (χ0) is 20.2. The molecule has 2 aliphatic rings. The number of fused-ring (bicyclic) bond motifs is 1. The van der Waals surface area contributed by atoms with Crippen molar-refractivity contribution < 1.29 is 17.0 Å². The standard InChI is InChI=1S/C29H24P.BrH/c1-5-13-25-21-24(22-26(25)14-6-1)23-30(27-15-7-2-8-16-27,28-17-9-3-10-18-28)29-19-11-4-12-20-29;/h1-22H,23H2;1H/q+1;/p-1. The normalized spacial score (nSPS) is 11.1. The van der Waals surface area contributed by atoms with E-state index in [2.05, 4.69) is 133 Å². The summed E-state index contributed by atoms with van der Waals surface area (Å²) in [6, 6.07) is 48.8. The van der Waals surface area contributed by atoms with Gasteiger partial charge in [-0.25, -0.2) is 0 Å². The number of halogens is 1. The van der Waals surface area contributed by atoms with Crippen molar-refractivity contribution in [1.82, 2.24) is 0 Å². The first-order valence-corrected chi connectivity index (χ1v) is 12.4. The second kappa shape index (κ2) is 9.60. The van der Waals surface area contributed by atoms with Gasteiger partial charge < -0.3 is 17.0 Å². The summed E-state index contributed by atoms with van der Waals surface area (Å²) < 4.78 is 0. The van der Waals surface area contributed by atoms with Gasteiger partial charge in [-0.05, 0) is 65.2 Å². The summed E-state index contributed by atoms with van der Waals surface area (Å²) in [5, 5.41) is 4.29. The highest BCUT2D eigenvalue weighted by Gasteiger charge is 2.45. The lowest BCUT2D eigenvalue weighted by molar-refractivity contribution is -0.00000575. The van der Waals surface area contributed by atoms with Crippen LogP contribution in [0.1, 0.15) is 5.56 Å². The molecule has 2 heteroatoms. The van der Waals surface area contributed by atoms with Crippen molar-refractivity contribution in [2.24, 2.45) is 0 Å². The van der Waals surface area contributed by atoms with Crippen LogP contribution in [0.4, 0.5) is 0 Å². The number of rotatable bonds is 5. The van der Waals surface area contributed by atoms with Crippen LogP contribution in [0, 0.1) is 0 Å². The fraction of sp³-hybridized carbons (Fsp3) is 0.0345. The van der Waals surface area contributed by atoms with Crippen LogP contribution in [0.2, 0.25) is 0 Å². The molecule has 3 aromatic carbocycles. The quantitative estimate of drug-likeness (QED) is 0.337. The number of benzene rings is 3. The molecule has 3 aromatic rings. The van der Waals surface area contributed by atoms with Crippen LogP contribution in [0.5, 0.6) is 0 Å². The minimum atomic E-state index is -1.85. The zero-order valence-corrected chi connectivity index (χ0v) is 19.7. The molecule has 0 aliphatic heterocycles. The van der Waals surface area contributed by atoms with Crippen molar-refractivity contribution >= 4 is 23.2 Å². The first-order valence-electron chi connectivity index (χ1n) is 10.4. The van der Waals surface area contributed by atoms with Gasteiger partial charge in [-0.2, -0.15) is 0 Å². The van der Waals surface area contributed by atoms with Crippen molar-refractivity contribution in [3.8, 4) is 11.1 Å². The summed E-state index contributed by atoms with van der Waals surface area (Å²) in [5.74, 6) is 0. The Balaban J connectivity index is 0.00000231. The molecule has 0 N–H and O–H groups in total.